The Balaban J connectivity index is 1.94. The highest BCUT2D eigenvalue weighted by Gasteiger charge is 2.42. The molecule has 1 aliphatic heterocycles. The number of quaternary nitrogens is 1. The first-order valence-electron chi connectivity index (χ1n) is 10.6. The zero-order valence-corrected chi connectivity index (χ0v) is 18.3. The van der Waals surface area contributed by atoms with E-state index in [1.165, 1.54) is 4.90 Å². The Kier molecular flexibility index (Phi) is 7.11. The van der Waals surface area contributed by atoms with Gasteiger partial charge in [-0.3, -0.25) is 9.59 Å². The van der Waals surface area contributed by atoms with Crippen LogP contribution in [0.4, 0.5) is 0 Å². The molecule has 2 aromatic rings. The molecule has 0 saturated carbocycles. The van der Waals surface area contributed by atoms with E-state index in [2.05, 4.69) is 19.2 Å². The summed E-state index contributed by atoms with van der Waals surface area (Å²) in [6.45, 7) is 7.86. The highest BCUT2D eigenvalue weighted by Crippen LogP contribution is 2.42. The first kappa shape index (κ1) is 21.8. The summed E-state index contributed by atoms with van der Waals surface area (Å²) < 4.78 is 5.27. The molecule has 2 amide bonds. The topological polar surface area (TPSA) is 63.1 Å². The largest absolute Gasteiger partial charge is 0.497 e. The number of carbonyl (C=O) groups excluding carboxylic acids is 2. The monoisotopic (exact) mass is 410 g/mol. The molecule has 3 rings (SSSR count). The first-order valence-corrected chi connectivity index (χ1v) is 10.6. The van der Waals surface area contributed by atoms with E-state index in [9.17, 15) is 9.59 Å². The van der Waals surface area contributed by atoms with Crippen LogP contribution in [0.15, 0.2) is 48.5 Å². The summed E-state index contributed by atoms with van der Waals surface area (Å²) in [6, 6.07) is 14.7. The van der Waals surface area contributed by atoms with Crippen LogP contribution in [-0.4, -0.2) is 57.1 Å². The maximum atomic E-state index is 13.4. The van der Waals surface area contributed by atoms with E-state index in [4.69, 9.17) is 4.74 Å². The lowest BCUT2D eigenvalue weighted by Crippen LogP contribution is -3.12. The van der Waals surface area contributed by atoms with Gasteiger partial charge in [0.2, 0.25) is 5.91 Å². The normalized spacial score (nSPS) is 18.3. The minimum absolute atomic E-state index is 0.0471. The molecule has 0 radical (unpaired) electrons. The van der Waals surface area contributed by atoms with Crippen molar-refractivity contribution >= 4 is 11.8 Å². The number of fused-ring (bicyclic) bond motifs is 1. The smallest absolute Gasteiger partial charge is 0.254 e. The van der Waals surface area contributed by atoms with Crippen molar-refractivity contribution in [1.29, 1.82) is 0 Å². The molecule has 0 saturated heterocycles. The average molecular weight is 411 g/mol. The van der Waals surface area contributed by atoms with Crippen molar-refractivity contribution in [3.8, 4) is 5.75 Å². The van der Waals surface area contributed by atoms with Gasteiger partial charge in [0, 0.05) is 12.6 Å². The highest BCUT2D eigenvalue weighted by molar-refractivity contribution is 6.01. The van der Waals surface area contributed by atoms with E-state index in [1.807, 2.05) is 42.5 Å². The third kappa shape index (κ3) is 4.33. The number of ether oxygens (including phenoxy) is 1. The number of nitrogens with zero attached hydrogens (tertiary/aromatic N) is 1. The molecule has 0 aromatic heterocycles. The number of likely N-dealkylation sites (N-methyl/N-ethyl adjacent to an activating group) is 2. The summed E-state index contributed by atoms with van der Waals surface area (Å²) in [5, 5.41) is 3.13. The Morgan fingerprint density at radius 2 is 1.77 bits per heavy atom. The van der Waals surface area contributed by atoms with Gasteiger partial charge in [-0.05, 0) is 43.2 Å². The van der Waals surface area contributed by atoms with Crippen LogP contribution < -0.4 is 15.0 Å². The minimum atomic E-state index is -0.469. The van der Waals surface area contributed by atoms with Crippen molar-refractivity contribution in [2.24, 2.45) is 0 Å². The Hall–Kier alpha value is -2.86. The molecule has 0 aliphatic carbocycles. The summed E-state index contributed by atoms with van der Waals surface area (Å²) in [6.07, 6.45) is 0. The molecule has 6 nitrogen and oxygen atoms in total. The number of hydrogen-bond acceptors (Lipinski definition) is 3. The fourth-order valence-electron chi connectivity index (χ4n) is 4.25. The lowest BCUT2D eigenvalue weighted by atomic mass is 9.79. The Morgan fingerprint density at radius 3 is 2.40 bits per heavy atom. The van der Waals surface area contributed by atoms with Crippen LogP contribution in [-0.2, 0) is 4.79 Å². The fraction of sp³-hybridized carbons (Fsp3) is 0.417. The standard InChI is InChI=1S/C24H31N3O3/c1-5-27(6-2)16-15-25-23(28)21-19-9-7-8-10-20(19)24(29)26(3)22(21)17-11-13-18(30-4)14-12-17/h7-14,21-22H,5-6,15-16H2,1-4H3,(H,25,28)/p+1. The van der Waals surface area contributed by atoms with Crippen molar-refractivity contribution in [3.05, 3.63) is 65.2 Å². The number of benzene rings is 2. The summed E-state index contributed by atoms with van der Waals surface area (Å²) >= 11 is 0. The molecule has 1 heterocycles. The zero-order valence-electron chi connectivity index (χ0n) is 18.3. The molecule has 160 valence electrons. The fourth-order valence-corrected chi connectivity index (χ4v) is 4.25. The molecule has 6 heteroatoms. The van der Waals surface area contributed by atoms with Gasteiger partial charge in [-0.25, -0.2) is 0 Å². The molecule has 2 aromatic carbocycles. The van der Waals surface area contributed by atoms with E-state index in [1.54, 1.807) is 25.1 Å². The van der Waals surface area contributed by atoms with Crippen molar-refractivity contribution < 1.29 is 19.2 Å². The summed E-state index contributed by atoms with van der Waals surface area (Å²) in [5.74, 6) is 0.161. The van der Waals surface area contributed by atoms with Crippen molar-refractivity contribution in [2.75, 3.05) is 40.3 Å². The van der Waals surface area contributed by atoms with E-state index < -0.39 is 5.92 Å². The Morgan fingerprint density at radius 1 is 1.10 bits per heavy atom. The molecule has 30 heavy (non-hydrogen) atoms. The highest BCUT2D eigenvalue weighted by atomic mass is 16.5. The van der Waals surface area contributed by atoms with Crippen LogP contribution in [0.25, 0.3) is 0 Å². The Bertz CT molecular complexity index is 878. The van der Waals surface area contributed by atoms with Crippen molar-refractivity contribution in [1.82, 2.24) is 10.2 Å². The molecule has 2 N–H and O–H groups in total. The van der Waals surface area contributed by atoms with Gasteiger partial charge in [0.15, 0.2) is 0 Å². The van der Waals surface area contributed by atoms with Gasteiger partial charge in [0.25, 0.3) is 5.91 Å². The van der Waals surface area contributed by atoms with Crippen LogP contribution in [0.3, 0.4) is 0 Å². The lowest BCUT2D eigenvalue weighted by Gasteiger charge is -2.39. The van der Waals surface area contributed by atoms with Gasteiger partial charge in [-0.1, -0.05) is 30.3 Å². The quantitative estimate of drug-likeness (QED) is 0.696. The van der Waals surface area contributed by atoms with Crippen LogP contribution >= 0.6 is 0 Å². The van der Waals surface area contributed by atoms with Crippen LogP contribution in [0.2, 0.25) is 0 Å². The van der Waals surface area contributed by atoms with Crippen LogP contribution in [0, 0.1) is 0 Å². The summed E-state index contributed by atoms with van der Waals surface area (Å²) in [4.78, 5) is 29.6. The van der Waals surface area contributed by atoms with Gasteiger partial charge in [-0.15, -0.1) is 0 Å². The van der Waals surface area contributed by atoms with Gasteiger partial charge >= 0.3 is 0 Å². The van der Waals surface area contributed by atoms with E-state index in [0.717, 1.165) is 36.5 Å². The third-order valence-corrected chi connectivity index (χ3v) is 6.10. The van der Waals surface area contributed by atoms with Gasteiger partial charge in [-0.2, -0.15) is 0 Å². The van der Waals surface area contributed by atoms with Gasteiger partial charge < -0.3 is 19.9 Å². The maximum absolute atomic E-state index is 13.4. The maximum Gasteiger partial charge on any atom is 0.254 e. The predicted molar refractivity (Wildman–Crippen MR) is 117 cm³/mol. The van der Waals surface area contributed by atoms with Crippen molar-refractivity contribution in [2.45, 2.75) is 25.8 Å². The molecule has 2 atom stereocenters. The molecular weight excluding hydrogens is 378 g/mol. The number of carbonyl (C=O) groups is 2. The van der Waals surface area contributed by atoms with E-state index in [-0.39, 0.29) is 17.9 Å². The molecular formula is C24H32N3O3+. The average Bonchev–Trinajstić information content (AvgIpc) is 2.79. The third-order valence-electron chi connectivity index (χ3n) is 6.10. The van der Waals surface area contributed by atoms with Gasteiger partial charge in [0.1, 0.15) is 5.75 Å². The van der Waals surface area contributed by atoms with Gasteiger partial charge in [0.05, 0.1) is 45.2 Å². The summed E-state index contributed by atoms with van der Waals surface area (Å²) in [7, 11) is 3.39. The number of rotatable bonds is 8. The lowest BCUT2D eigenvalue weighted by molar-refractivity contribution is -0.895. The Labute approximate surface area is 178 Å². The first-order chi connectivity index (χ1) is 14.5. The molecule has 2 unspecified atom stereocenters. The number of methoxy groups -OCH3 is 1. The molecule has 0 bridgehead atoms. The second-order valence-electron chi connectivity index (χ2n) is 7.70. The molecule has 0 fully saturated rings. The molecule has 1 aliphatic rings. The predicted octanol–water partition coefficient (Wildman–Crippen LogP) is 1.65. The van der Waals surface area contributed by atoms with Crippen molar-refractivity contribution in [3.63, 3.8) is 0 Å². The molecule has 0 spiro atoms. The second kappa shape index (κ2) is 9.76. The summed E-state index contributed by atoms with van der Waals surface area (Å²) in [5.41, 5.74) is 2.30. The number of nitrogens with one attached hydrogen (secondary N) is 2. The number of amides is 2. The number of hydrogen-bond donors (Lipinski definition) is 2. The van der Waals surface area contributed by atoms with Crippen LogP contribution in [0.1, 0.15) is 47.3 Å². The second-order valence-corrected chi connectivity index (χ2v) is 7.70. The zero-order chi connectivity index (χ0) is 21.7. The minimum Gasteiger partial charge on any atom is -0.497 e. The van der Waals surface area contributed by atoms with Crippen LogP contribution in [0.5, 0.6) is 5.75 Å². The van der Waals surface area contributed by atoms with E-state index in [0.29, 0.717) is 12.1 Å². The van der Waals surface area contributed by atoms with E-state index >= 15 is 0 Å². The SMILES string of the molecule is CC[NH+](CC)CCNC(=O)C1c2ccccc2C(=O)N(C)C1c1ccc(OC)cc1.